The lowest BCUT2D eigenvalue weighted by Crippen LogP contribution is -2.27. The average Bonchev–Trinajstić information content (AvgIpc) is 3.32. The van der Waals surface area contributed by atoms with Crippen LogP contribution in [-0.4, -0.2) is 33.1 Å². The molecule has 0 bridgehead atoms. The lowest BCUT2D eigenvalue weighted by atomic mass is 9.98. The molecule has 0 radical (unpaired) electrons. The van der Waals surface area contributed by atoms with E-state index in [-0.39, 0.29) is 11.3 Å². The van der Waals surface area contributed by atoms with Gasteiger partial charge in [0.1, 0.15) is 17.5 Å². The summed E-state index contributed by atoms with van der Waals surface area (Å²) in [5, 5.41) is 19.6. The number of aromatic nitrogens is 3. The Kier molecular flexibility index (Phi) is 5.26. The van der Waals surface area contributed by atoms with Gasteiger partial charge in [-0.3, -0.25) is 4.40 Å². The summed E-state index contributed by atoms with van der Waals surface area (Å²) < 4.78 is 21.7. The van der Waals surface area contributed by atoms with Crippen molar-refractivity contribution in [2.45, 2.75) is 12.8 Å². The van der Waals surface area contributed by atoms with Crippen LogP contribution in [0.15, 0.2) is 60.7 Å². The molecule has 0 spiro atoms. The molecule has 0 unspecified atom stereocenters. The van der Waals surface area contributed by atoms with Gasteiger partial charge in [0.15, 0.2) is 11.5 Å². The first-order valence-corrected chi connectivity index (χ1v) is 10.7. The highest BCUT2D eigenvalue weighted by Crippen LogP contribution is 2.40. The third-order valence-corrected chi connectivity index (χ3v) is 5.80. The Morgan fingerprint density at radius 1 is 1.21 bits per heavy atom. The summed E-state index contributed by atoms with van der Waals surface area (Å²) in [5.41, 5.74) is 9.52. The van der Waals surface area contributed by atoms with Crippen molar-refractivity contribution >= 4 is 11.6 Å². The van der Waals surface area contributed by atoms with Crippen molar-refractivity contribution in [3.63, 3.8) is 0 Å². The first kappa shape index (κ1) is 21.3. The first-order valence-electron chi connectivity index (χ1n) is 10.7. The first-order chi connectivity index (χ1) is 16.5. The Balaban J connectivity index is 1.82. The molecule has 34 heavy (non-hydrogen) atoms. The summed E-state index contributed by atoms with van der Waals surface area (Å²) in [7, 11) is 1.47. The second kappa shape index (κ2) is 8.41. The van der Waals surface area contributed by atoms with Crippen LogP contribution < -0.4 is 15.4 Å². The van der Waals surface area contributed by atoms with E-state index in [0.29, 0.717) is 46.3 Å². The number of phenolic OH excluding ortho intramolecular Hbond substituents is 1. The molecular formula is C25H21FN6O2. The fraction of sp³-hybridized carbons (Fsp3) is 0.160. The van der Waals surface area contributed by atoms with Gasteiger partial charge in [-0.2, -0.15) is 5.26 Å². The van der Waals surface area contributed by atoms with Gasteiger partial charge in [0.25, 0.3) is 0 Å². The molecular weight excluding hydrogens is 435 g/mol. The van der Waals surface area contributed by atoms with Crippen LogP contribution in [0.4, 0.5) is 10.3 Å². The number of fused-ring (bicyclic) bond motifs is 1. The highest BCUT2D eigenvalue weighted by atomic mass is 19.1. The average molecular weight is 456 g/mol. The van der Waals surface area contributed by atoms with Crippen molar-refractivity contribution in [2.24, 2.45) is 5.73 Å². The molecule has 170 valence electrons. The molecule has 5 rings (SSSR count). The standard InChI is InChI=1S/C25H21FN6O2/c1-34-21-7-6-15(12-20(21)33)22-23(16-4-5-17(13-27)19(26)11-16)30-25(32-10-8-29-24(22)32)31-9-2-3-18(28)14-31/h4-8,10-12,14,33H,2-3,9,28H2,1H3. The largest absolute Gasteiger partial charge is 0.504 e. The number of anilines is 1. The van der Waals surface area contributed by atoms with Gasteiger partial charge in [-0.05, 0) is 42.7 Å². The normalized spacial score (nSPS) is 13.6. The number of nitriles is 1. The number of aromatic hydroxyl groups is 1. The monoisotopic (exact) mass is 456 g/mol. The number of halogens is 1. The maximum Gasteiger partial charge on any atom is 0.216 e. The molecule has 0 fully saturated rings. The number of nitrogens with zero attached hydrogens (tertiary/aromatic N) is 5. The Bertz CT molecular complexity index is 1490. The number of hydrogen-bond acceptors (Lipinski definition) is 7. The molecule has 4 aromatic rings. The van der Waals surface area contributed by atoms with E-state index >= 15 is 0 Å². The number of imidazole rings is 1. The van der Waals surface area contributed by atoms with Crippen LogP contribution in [0.1, 0.15) is 18.4 Å². The topological polar surface area (TPSA) is 113 Å². The van der Waals surface area contributed by atoms with Crippen molar-refractivity contribution < 1.29 is 14.2 Å². The maximum atomic E-state index is 14.6. The number of hydrogen-bond donors (Lipinski definition) is 2. The predicted octanol–water partition coefficient (Wildman–Crippen LogP) is 4.19. The van der Waals surface area contributed by atoms with E-state index in [0.717, 1.165) is 18.5 Å². The van der Waals surface area contributed by atoms with Gasteiger partial charge in [0.05, 0.1) is 23.9 Å². The fourth-order valence-corrected chi connectivity index (χ4v) is 4.18. The smallest absolute Gasteiger partial charge is 0.216 e. The quantitative estimate of drug-likeness (QED) is 0.473. The molecule has 0 saturated heterocycles. The Morgan fingerprint density at radius 3 is 2.74 bits per heavy atom. The highest BCUT2D eigenvalue weighted by molar-refractivity contribution is 5.91. The molecule has 9 heteroatoms. The lowest BCUT2D eigenvalue weighted by Gasteiger charge is -2.26. The van der Waals surface area contributed by atoms with E-state index in [2.05, 4.69) is 4.98 Å². The highest BCUT2D eigenvalue weighted by Gasteiger charge is 2.23. The molecule has 3 N–H and O–H groups in total. The van der Waals surface area contributed by atoms with Crippen molar-refractivity contribution in [3.8, 4) is 40.0 Å². The number of allylic oxidation sites excluding steroid dienone is 1. The zero-order valence-corrected chi connectivity index (χ0v) is 18.4. The summed E-state index contributed by atoms with van der Waals surface area (Å²) in [6.07, 6.45) is 6.99. The molecule has 2 aromatic heterocycles. The Hall–Kier alpha value is -4.58. The molecule has 0 aliphatic carbocycles. The van der Waals surface area contributed by atoms with E-state index in [1.54, 1.807) is 36.7 Å². The minimum Gasteiger partial charge on any atom is -0.504 e. The molecule has 3 heterocycles. The molecule has 0 atom stereocenters. The van der Waals surface area contributed by atoms with Gasteiger partial charge in [0, 0.05) is 36.4 Å². The van der Waals surface area contributed by atoms with Crippen LogP contribution in [0.25, 0.3) is 28.0 Å². The lowest BCUT2D eigenvalue weighted by molar-refractivity contribution is 0.373. The summed E-state index contributed by atoms with van der Waals surface area (Å²) in [5.74, 6) is 0.221. The number of benzene rings is 2. The zero-order chi connectivity index (χ0) is 23.8. The minimum absolute atomic E-state index is 0.0440. The third kappa shape index (κ3) is 3.55. The van der Waals surface area contributed by atoms with Crippen molar-refractivity contribution in [1.29, 1.82) is 5.26 Å². The number of phenols is 1. The SMILES string of the molecule is COc1ccc(-c2c(-c3ccc(C#N)c(F)c3)nc(N3C=C(N)CCC3)n3ccnc23)cc1O. The number of rotatable bonds is 4. The van der Waals surface area contributed by atoms with Crippen LogP contribution in [0.2, 0.25) is 0 Å². The van der Waals surface area contributed by atoms with Crippen LogP contribution >= 0.6 is 0 Å². The van der Waals surface area contributed by atoms with Crippen LogP contribution in [0.5, 0.6) is 11.5 Å². The van der Waals surface area contributed by atoms with E-state index in [9.17, 15) is 9.50 Å². The maximum absolute atomic E-state index is 14.6. The molecule has 8 nitrogen and oxygen atoms in total. The second-order valence-corrected chi connectivity index (χ2v) is 7.95. The predicted molar refractivity (Wildman–Crippen MR) is 126 cm³/mol. The summed E-state index contributed by atoms with van der Waals surface area (Å²) in [6.45, 7) is 0.713. The second-order valence-electron chi connectivity index (χ2n) is 7.95. The number of ether oxygens (including phenoxy) is 1. The van der Waals surface area contributed by atoms with E-state index in [1.807, 2.05) is 21.6 Å². The molecule has 1 aliphatic rings. The van der Waals surface area contributed by atoms with Gasteiger partial charge in [0.2, 0.25) is 5.95 Å². The van der Waals surface area contributed by atoms with Gasteiger partial charge >= 0.3 is 0 Å². The van der Waals surface area contributed by atoms with Crippen LogP contribution in [-0.2, 0) is 0 Å². The molecule has 1 aliphatic heterocycles. The van der Waals surface area contributed by atoms with Crippen molar-refractivity contribution in [2.75, 3.05) is 18.6 Å². The molecule has 2 aromatic carbocycles. The molecule has 0 saturated carbocycles. The zero-order valence-electron chi connectivity index (χ0n) is 18.4. The van der Waals surface area contributed by atoms with E-state index in [1.165, 1.54) is 19.2 Å². The minimum atomic E-state index is -0.641. The summed E-state index contributed by atoms with van der Waals surface area (Å²) in [6, 6.07) is 11.2. The van der Waals surface area contributed by atoms with Gasteiger partial charge in [-0.25, -0.2) is 14.4 Å². The van der Waals surface area contributed by atoms with Crippen molar-refractivity contribution in [1.82, 2.24) is 14.4 Å². The van der Waals surface area contributed by atoms with Gasteiger partial charge < -0.3 is 20.5 Å². The van der Waals surface area contributed by atoms with E-state index in [4.69, 9.17) is 20.7 Å². The summed E-state index contributed by atoms with van der Waals surface area (Å²) in [4.78, 5) is 11.5. The fourth-order valence-electron chi connectivity index (χ4n) is 4.18. The van der Waals surface area contributed by atoms with Crippen molar-refractivity contribution in [3.05, 3.63) is 72.1 Å². The summed E-state index contributed by atoms with van der Waals surface area (Å²) >= 11 is 0. The number of methoxy groups -OCH3 is 1. The van der Waals surface area contributed by atoms with Gasteiger partial charge in [-0.1, -0.05) is 12.1 Å². The molecule has 0 amide bonds. The number of nitrogens with two attached hydrogens (primary N) is 1. The van der Waals surface area contributed by atoms with Crippen LogP contribution in [0, 0.1) is 17.1 Å². The Labute approximate surface area is 195 Å². The Morgan fingerprint density at radius 2 is 2.03 bits per heavy atom. The van der Waals surface area contributed by atoms with Gasteiger partial charge in [-0.15, -0.1) is 0 Å². The van der Waals surface area contributed by atoms with E-state index < -0.39 is 5.82 Å². The third-order valence-electron chi connectivity index (χ3n) is 5.80. The van der Waals surface area contributed by atoms with Crippen LogP contribution in [0.3, 0.4) is 0 Å².